The van der Waals surface area contributed by atoms with E-state index in [9.17, 15) is 9.18 Å². The zero-order chi connectivity index (χ0) is 18.2. The maximum atomic E-state index is 13.6. The average molecular weight is 351 g/mol. The first-order valence-electron chi connectivity index (χ1n) is 8.20. The molecule has 2 N–H and O–H groups in total. The summed E-state index contributed by atoms with van der Waals surface area (Å²) in [6.45, 7) is 0.812. The van der Waals surface area contributed by atoms with Gasteiger partial charge in [-0.15, -0.1) is 0 Å². The summed E-state index contributed by atoms with van der Waals surface area (Å²) in [4.78, 5) is 24.5. The molecule has 0 aliphatic carbocycles. The van der Waals surface area contributed by atoms with Crippen LogP contribution >= 0.6 is 0 Å². The summed E-state index contributed by atoms with van der Waals surface area (Å²) in [7, 11) is 0. The summed E-state index contributed by atoms with van der Waals surface area (Å²) in [6.07, 6.45) is 3.45. The van der Waals surface area contributed by atoms with Crippen molar-refractivity contribution in [2.75, 3.05) is 11.9 Å². The van der Waals surface area contributed by atoms with E-state index >= 15 is 0 Å². The van der Waals surface area contributed by atoms with Crippen molar-refractivity contribution in [1.29, 1.82) is 0 Å². The van der Waals surface area contributed by atoms with Gasteiger partial charge < -0.3 is 10.6 Å². The minimum atomic E-state index is -0.329. The second kappa shape index (κ2) is 8.66. The number of rotatable bonds is 7. The zero-order valence-corrected chi connectivity index (χ0v) is 14.0. The number of hydrogen-bond acceptors (Lipinski definition) is 5. The predicted molar refractivity (Wildman–Crippen MR) is 96.0 cm³/mol. The van der Waals surface area contributed by atoms with Gasteiger partial charge in [0.2, 0.25) is 0 Å². The molecule has 3 aromatic rings. The lowest BCUT2D eigenvalue weighted by molar-refractivity contribution is 0.0949. The molecule has 0 atom stereocenters. The Morgan fingerprint density at radius 3 is 2.69 bits per heavy atom. The van der Waals surface area contributed by atoms with Crippen molar-refractivity contribution in [1.82, 2.24) is 20.3 Å². The van der Waals surface area contributed by atoms with E-state index in [0.717, 1.165) is 5.69 Å². The van der Waals surface area contributed by atoms with Crippen molar-refractivity contribution in [3.05, 3.63) is 83.8 Å². The summed E-state index contributed by atoms with van der Waals surface area (Å²) in [5, 5.41) is 5.84. The summed E-state index contributed by atoms with van der Waals surface area (Å²) < 4.78 is 13.6. The van der Waals surface area contributed by atoms with Gasteiger partial charge in [-0.1, -0.05) is 24.3 Å². The molecule has 0 radical (unpaired) electrons. The largest absolute Gasteiger partial charge is 0.364 e. The van der Waals surface area contributed by atoms with Crippen molar-refractivity contribution < 1.29 is 9.18 Å². The van der Waals surface area contributed by atoms with Gasteiger partial charge in [-0.3, -0.25) is 9.78 Å². The van der Waals surface area contributed by atoms with Gasteiger partial charge in [0.15, 0.2) is 0 Å². The number of halogens is 1. The van der Waals surface area contributed by atoms with Crippen molar-refractivity contribution >= 4 is 11.7 Å². The van der Waals surface area contributed by atoms with Crippen LogP contribution in [-0.2, 0) is 13.0 Å². The lowest BCUT2D eigenvalue weighted by Gasteiger charge is -2.08. The molecule has 26 heavy (non-hydrogen) atoms. The molecule has 2 aromatic heterocycles. The maximum absolute atomic E-state index is 13.6. The fourth-order valence-corrected chi connectivity index (χ4v) is 2.36. The van der Waals surface area contributed by atoms with Crippen LogP contribution in [0.3, 0.4) is 0 Å². The molecule has 0 spiro atoms. The topological polar surface area (TPSA) is 79.8 Å². The Labute approximate surface area is 150 Å². The van der Waals surface area contributed by atoms with Crippen LogP contribution in [-0.4, -0.2) is 27.4 Å². The summed E-state index contributed by atoms with van der Waals surface area (Å²) >= 11 is 0. The van der Waals surface area contributed by atoms with Gasteiger partial charge in [0.25, 0.3) is 5.91 Å². The van der Waals surface area contributed by atoms with Crippen LogP contribution < -0.4 is 10.6 Å². The van der Waals surface area contributed by atoms with E-state index in [1.54, 1.807) is 30.5 Å². The number of anilines is 1. The predicted octanol–water partition coefficient (Wildman–Crippen LogP) is 2.60. The summed E-state index contributed by atoms with van der Waals surface area (Å²) in [5.41, 5.74) is 1.67. The molecular weight excluding hydrogens is 333 g/mol. The molecule has 7 heteroatoms. The Balaban J connectivity index is 1.53. The van der Waals surface area contributed by atoms with E-state index in [4.69, 9.17) is 0 Å². The molecule has 0 saturated carbocycles. The van der Waals surface area contributed by atoms with E-state index in [0.29, 0.717) is 30.9 Å². The van der Waals surface area contributed by atoms with E-state index in [2.05, 4.69) is 25.6 Å². The van der Waals surface area contributed by atoms with Crippen molar-refractivity contribution in [2.45, 2.75) is 13.0 Å². The lowest BCUT2D eigenvalue weighted by Crippen LogP contribution is -2.27. The quantitative estimate of drug-likeness (QED) is 0.684. The number of benzene rings is 1. The fraction of sp³-hybridized carbons (Fsp3) is 0.158. The molecule has 0 unspecified atom stereocenters. The molecule has 1 amide bonds. The van der Waals surface area contributed by atoms with E-state index in [1.165, 1.54) is 12.4 Å². The SMILES string of the molecule is O=C(NCCc1ccccc1F)c1cc(NCc2ccccn2)ncn1. The number of amides is 1. The first-order chi connectivity index (χ1) is 12.7. The number of hydrogen-bond donors (Lipinski definition) is 2. The van der Waals surface area contributed by atoms with Crippen LogP contribution in [0.4, 0.5) is 10.2 Å². The minimum Gasteiger partial charge on any atom is -0.364 e. The second-order valence-electron chi connectivity index (χ2n) is 5.56. The highest BCUT2D eigenvalue weighted by Crippen LogP contribution is 2.08. The number of nitrogens with one attached hydrogen (secondary N) is 2. The number of carbonyl (C=O) groups is 1. The third kappa shape index (κ3) is 4.83. The van der Waals surface area contributed by atoms with E-state index in [1.807, 2.05) is 18.2 Å². The number of pyridine rings is 1. The Bertz CT molecular complexity index is 873. The maximum Gasteiger partial charge on any atom is 0.270 e. The van der Waals surface area contributed by atoms with E-state index in [-0.39, 0.29) is 17.4 Å². The van der Waals surface area contributed by atoms with Crippen LogP contribution in [0.15, 0.2) is 61.1 Å². The Kier molecular flexibility index (Phi) is 5.82. The first-order valence-corrected chi connectivity index (χ1v) is 8.20. The van der Waals surface area contributed by atoms with Crippen molar-refractivity contribution in [3.63, 3.8) is 0 Å². The van der Waals surface area contributed by atoms with Crippen molar-refractivity contribution in [2.24, 2.45) is 0 Å². The van der Waals surface area contributed by atoms with Gasteiger partial charge in [-0.2, -0.15) is 0 Å². The third-order valence-corrected chi connectivity index (χ3v) is 3.71. The zero-order valence-electron chi connectivity index (χ0n) is 14.0. The average Bonchev–Trinajstić information content (AvgIpc) is 2.69. The normalized spacial score (nSPS) is 10.3. The van der Waals surface area contributed by atoms with Crippen LogP contribution in [0.2, 0.25) is 0 Å². The standard InChI is InChI=1S/C19H18FN5O/c20-16-7-2-1-5-14(16)8-10-22-19(26)17-11-18(25-13-24-17)23-12-15-6-3-4-9-21-15/h1-7,9,11,13H,8,10,12H2,(H,22,26)(H,23,24,25). The second-order valence-corrected chi connectivity index (χ2v) is 5.56. The molecule has 3 rings (SSSR count). The third-order valence-electron chi connectivity index (χ3n) is 3.71. The first kappa shape index (κ1) is 17.5. The van der Waals surface area contributed by atoms with E-state index < -0.39 is 0 Å². The highest BCUT2D eigenvalue weighted by molar-refractivity contribution is 5.92. The molecule has 1 aromatic carbocycles. The fourth-order valence-electron chi connectivity index (χ4n) is 2.36. The van der Waals surface area contributed by atoms with Gasteiger partial charge >= 0.3 is 0 Å². The molecule has 0 saturated heterocycles. The van der Waals surface area contributed by atoms with Gasteiger partial charge in [0.1, 0.15) is 23.7 Å². The highest BCUT2D eigenvalue weighted by Gasteiger charge is 2.09. The number of aromatic nitrogens is 3. The minimum absolute atomic E-state index is 0.247. The van der Waals surface area contributed by atoms with Gasteiger partial charge in [-0.05, 0) is 30.2 Å². The molecule has 2 heterocycles. The molecule has 0 aliphatic rings. The van der Waals surface area contributed by atoms with Crippen LogP contribution in [0.1, 0.15) is 21.7 Å². The molecule has 0 fully saturated rings. The van der Waals surface area contributed by atoms with Gasteiger partial charge in [0.05, 0.1) is 12.2 Å². The lowest BCUT2D eigenvalue weighted by atomic mass is 10.1. The summed E-state index contributed by atoms with van der Waals surface area (Å²) in [6, 6.07) is 13.7. The monoisotopic (exact) mass is 351 g/mol. The molecule has 0 bridgehead atoms. The van der Waals surface area contributed by atoms with Crippen LogP contribution in [0, 0.1) is 5.82 Å². The Morgan fingerprint density at radius 2 is 1.88 bits per heavy atom. The summed E-state index contributed by atoms with van der Waals surface area (Å²) in [5.74, 6) is -0.0701. The Hall–Kier alpha value is -3.35. The highest BCUT2D eigenvalue weighted by atomic mass is 19.1. The number of nitrogens with zero attached hydrogens (tertiary/aromatic N) is 3. The van der Waals surface area contributed by atoms with Gasteiger partial charge in [-0.25, -0.2) is 14.4 Å². The smallest absolute Gasteiger partial charge is 0.270 e. The van der Waals surface area contributed by atoms with Crippen molar-refractivity contribution in [3.8, 4) is 0 Å². The number of carbonyl (C=O) groups excluding carboxylic acids is 1. The molecule has 132 valence electrons. The molecule has 6 nitrogen and oxygen atoms in total. The Morgan fingerprint density at radius 1 is 1.04 bits per heavy atom. The molecular formula is C19H18FN5O. The molecule has 0 aliphatic heterocycles. The van der Waals surface area contributed by atoms with Crippen LogP contribution in [0.25, 0.3) is 0 Å². The van der Waals surface area contributed by atoms with Crippen LogP contribution in [0.5, 0.6) is 0 Å². The van der Waals surface area contributed by atoms with Gasteiger partial charge in [0, 0.05) is 18.8 Å².